The van der Waals surface area contributed by atoms with Crippen LogP contribution in [0.3, 0.4) is 0 Å². The molecule has 18 unspecified atom stereocenters. The molecule has 0 aliphatic carbocycles. The summed E-state index contributed by atoms with van der Waals surface area (Å²) in [6.07, 6.45) is -52.3. The van der Waals surface area contributed by atoms with Gasteiger partial charge in [0.25, 0.3) is 0 Å². The fourth-order valence-corrected chi connectivity index (χ4v) is 9.44. The molecule has 6 aliphatic rings. The highest BCUT2D eigenvalue weighted by atomic mass is 16.8. The average Bonchev–Trinajstić information content (AvgIpc) is 3.39. The molecule has 0 spiro atoms. The van der Waals surface area contributed by atoms with Crippen molar-refractivity contribution in [3.05, 3.63) is 0 Å². The maximum absolute atomic E-state index is 11.3. The summed E-state index contributed by atoms with van der Waals surface area (Å²) in [7, 11) is 0. The van der Waals surface area contributed by atoms with E-state index in [1.54, 1.807) is 0 Å². The quantitative estimate of drug-likeness (QED) is 0.0423. The first-order valence-corrected chi connectivity index (χ1v) is 24.3. The minimum Gasteiger partial charge on any atom is -0.394 e. The standard InChI is InChI=1S/C42H75NO31/c43-5-3-1-2-4-6-63-37-27(58)21(52)32(14(8-45)65-37)71-39-29(60)23(54)34(16(10-47)67-39)73-41-31(62)25(56)36(18(12-49)69-41)74-42-30(61)24(55)35(17(11-48)68-42)72-40-28(59)22(53)33(15(9-46)66-40)70-38-26(57)20(51)19(50)13(7-44)64-38/h13-42,44-62H,1-12,43H2/t13?,14?,15?,16?,17?,18?,19-,20?,21?,22?,23?,24?,25?,26?,27?,28?,29?,30?,31?,32+,33+,34-,35+,36+,37+,38+,39+,40-,41+,42-/m0/s1. The molecule has 0 aromatic rings. The van der Waals surface area contributed by atoms with E-state index in [1.165, 1.54) is 0 Å². The van der Waals surface area contributed by atoms with Gasteiger partial charge in [0.1, 0.15) is 146 Å². The monoisotopic (exact) mass is 1090 g/mol. The largest absolute Gasteiger partial charge is 0.394 e. The highest BCUT2D eigenvalue weighted by Crippen LogP contribution is 2.37. The van der Waals surface area contributed by atoms with Crippen LogP contribution in [0.25, 0.3) is 0 Å². The van der Waals surface area contributed by atoms with Gasteiger partial charge in [0.2, 0.25) is 0 Å². The van der Waals surface area contributed by atoms with E-state index in [4.69, 9.17) is 62.6 Å². The van der Waals surface area contributed by atoms with Crippen LogP contribution in [0, 0.1) is 0 Å². The maximum atomic E-state index is 11.3. The average molecular weight is 1090 g/mol. The summed E-state index contributed by atoms with van der Waals surface area (Å²) in [5, 5.41) is 202. The van der Waals surface area contributed by atoms with E-state index in [2.05, 4.69) is 0 Å². The fourth-order valence-electron chi connectivity index (χ4n) is 9.44. The van der Waals surface area contributed by atoms with E-state index >= 15 is 0 Å². The molecule has 6 fully saturated rings. The first-order valence-electron chi connectivity index (χ1n) is 24.3. The summed E-state index contributed by atoms with van der Waals surface area (Å²) in [5.74, 6) is 0. The molecule has 6 saturated heterocycles. The van der Waals surface area contributed by atoms with Crippen molar-refractivity contribution in [1.82, 2.24) is 0 Å². The smallest absolute Gasteiger partial charge is 0.187 e. The molecule has 0 aromatic heterocycles. The Hall–Kier alpha value is -1.28. The number of hydrogen-bond acceptors (Lipinski definition) is 32. The molecule has 434 valence electrons. The topological polar surface area (TPSA) is 521 Å². The van der Waals surface area contributed by atoms with Gasteiger partial charge in [-0.1, -0.05) is 12.8 Å². The lowest BCUT2D eigenvalue weighted by atomic mass is 9.95. The zero-order valence-electron chi connectivity index (χ0n) is 39.8. The molecule has 32 heteroatoms. The lowest BCUT2D eigenvalue weighted by molar-refractivity contribution is -0.396. The van der Waals surface area contributed by atoms with Gasteiger partial charge in [0.15, 0.2) is 37.7 Å². The van der Waals surface area contributed by atoms with E-state index in [-0.39, 0.29) is 6.61 Å². The van der Waals surface area contributed by atoms with Crippen LogP contribution in [-0.4, -0.2) is 334 Å². The summed E-state index contributed by atoms with van der Waals surface area (Å²) in [5.41, 5.74) is 5.50. The molecule has 32 nitrogen and oxygen atoms in total. The van der Waals surface area contributed by atoms with E-state index in [1.807, 2.05) is 0 Å². The second-order valence-electron chi connectivity index (χ2n) is 18.8. The Morgan fingerprint density at radius 3 is 0.797 bits per heavy atom. The van der Waals surface area contributed by atoms with Crippen molar-refractivity contribution in [2.75, 3.05) is 52.8 Å². The predicted molar refractivity (Wildman–Crippen MR) is 230 cm³/mol. The second kappa shape index (κ2) is 28.2. The van der Waals surface area contributed by atoms with E-state index in [9.17, 15) is 97.0 Å². The minimum absolute atomic E-state index is 0.141. The Bertz CT molecular complexity index is 1630. The molecular weight excluding hydrogens is 1010 g/mol. The number of aliphatic hydroxyl groups excluding tert-OH is 19. The molecule has 74 heavy (non-hydrogen) atoms. The summed E-state index contributed by atoms with van der Waals surface area (Å²) < 4.78 is 67.3. The van der Waals surface area contributed by atoms with Crippen LogP contribution in [0.1, 0.15) is 25.7 Å². The van der Waals surface area contributed by atoms with Crippen LogP contribution in [0.5, 0.6) is 0 Å². The molecule has 0 amide bonds. The maximum Gasteiger partial charge on any atom is 0.187 e. The van der Waals surface area contributed by atoms with Gasteiger partial charge in [0, 0.05) is 6.61 Å². The lowest BCUT2D eigenvalue weighted by Crippen LogP contribution is -2.68. The third-order valence-corrected chi connectivity index (χ3v) is 13.8. The van der Waals surface area contributed by atoms with Gasteiger partial charge in [-0.15, -0.1) is 0 Å². The molecule has 21 N–H and O–H groups in total. The summed E-state index contributed by atoms with van der Waals surface area (Å²) in [4.78, 5) is 0. The van der Waals surface area contributed by atoms with E-state index in [0.29, 0.717) is 13.0 Å². The van der Waals surface area contributed by atoms with Gasteiger partial charge in [0.05, 0.1) is 39.6 Å². The van der Waals surface area contributed by atoms with Crippen molar-refractivity contribution < 1.29 is 154 Å². The zero-order chi connectivity index (χ0) is 54.3. The Kier molecular flexibility index (Phi) is 23.6. The van der Waals surface area contributed by atoms with E-state index < -0.39 is 224 Å². The SMILES string of the molecule is NCCCCCCO[C@@H]1OC(CO)[C@@H](O[C@H]2OC(CO)[C@H](O[C@H]3OC(CO)[C@@H](O[C@@H]4OC(CO)[C@@H](O[C@@H]5OC(CO)[C@@H](O[C@H]6OC(CO)[C@H](O)C(O)C6O)C(O)C5O)C(O)C4O)C(O)C3O)C(O)C2O)C(O)C1O. The van der Waals surface area contributed by atoms with Crippen LogP contribution >= 0.6 is 0 Å². The fraction of sp³-hybridized carbons (Fsp3) is 1.00. The number of unbranched alkanes of at least 4 members (excludes halogenated alkanes) is 3. The van der Waals surface area contributed by atoms with Crippen LogP contribution in [0.2, 0.25) is 0 Å². The molecule has 0 radical (unpaired) electrons. The van der Waals surface area contributed by atoms with Crippen molar-refractivity contribution in [1.29, 1.82) is 0 Å². The number of hydrogen-bond donors (Lipinski definition) is 20. The Morgan fingerprint density at radius 1 is 0.270 bits per heavy atom. The molecule has 0 aromatic carbocycles. The van der Waals surface area contributed by atoms with Crippen LogP contribution in [-0.2, 0) is 56.8 Å². The van der Waals surface area contributed by atoms with E-state index in [0.717, 1.165) is 19.3 Å². The molecule has 30 atom stereocenters. The Labute approximate surface area is 421 Å². The number of aliphatic hydroxyl groups is 19. The molecular formula is C42H75NO31. The van der Waals surface area contributed by atoms with Crippen molar-refractivity contribution >= 4 is 0 Å². The third-order valence-electron chi connectivity index (χ3n) is 13.8. The van der Waals surface area contributed by atoms with Crippen molar-refractivity contribution in [2.45, 2.75) is 210 Å². The normalized spacial score (nSPS) is 49.5. The highest BCUT2D eigenvalue weighted by Gasteiger charge is 2.57. The van der Waals surface area contributed by atoms with Crippen LogP contribution < -0.4 is 5.73 Å². The molecule has 6 rings (SSSR count). The first-order chi connectivity index (χ1) is 35.3. The minimum atomic E-state index is -2.17. The van der Waals surface area contributed by atoms with Crippen LogP contribution in [0.15, 0.2) is 0 Å². The predicted octanol–water partition coefficient (Wildman–Crippen LogP) is -12.6. The number of ether oxygens (including phenoxy) is 12. The third kappa shape index (κ3) is 13.6. The van der Waals surface area contributed by atoms with Gasteiger partial charge in [-0.2, -0.15) is 0 Å². The number of rotatable bonds is 23. The Morgan fingerprint density at radius 2 is 0.514 bits per heavy atom. The van der Waals surface area contributed by atoms with Gasteiger partial charge in [-0.05, 0) is 19.4 Å². The van der Waals surface area contributed by atoms with Crippen molar-refractivity contribution in [3.8, 4) is 0 Å². The first kappa shape index (κ1) is 61.9. The molecule has 6 heterocycles. The number of nitrogens with two attached hydrogens (primary N) is 1. The van der Waals surface area contributed by atoms with Crippen LogP contribution in [0.4, 0.5) is 0 Å². The van der Waals surface area contributed by atoms with Gasteiger partial charge >= 0.3 is 0 Å². The highest BCUT2D eigenvalue weighted by molar-refractivity contribution is 5.00. The Balaban J connectivity index is 1.04. The van der Waals surface area contributed by atoms with Gasteiger partial charge in [-0.3, -0.25) is 0 Å². The van der Waals surface area contributed by atoms with Crippen molar-refractivity contribution in [3.63, 3.8) is 0 Å². The van der Waals surface area contributed by atoms with Crippen molar-refractivity contribution in [2.24, 2.45) is 5.73 Å². The summed E-state index contributed by atoms with van der Waals surface area (Å²) in [6.45, 7) is -4.89. The second-order valence-corrected chi connectivity index (χ2v) is 18.8. The molecule has 6 aliphatic heterocycles. The zero-order valence-corrected chi connectivity index (χ0v) is 39.8. The van der Waals surface area contributed by atoms with Gasteiger partial charge < -0.3 is 160 Å². The lowest BCUT2D eigenvalue weighted by Gasteiger charge is -2.50. The molecule has 0 saturated carbocycles. The van der Waals surface area contributed by atoms with Gasteiger partial charge in [-0.25, -0.2) is 0 Å². The molecule has 0 bridgehead atoms. The summed E-state index contributed by atoms with van der Waals surface area (Å²) >= 11 is 0. The summed E-state index contributed by atoms with van der Waals surface area (Å²) in [6, 6.07) is 0.